The molecule has 1 fully saturated rings. The van der Waals surface area contributed by atoms with Crippen LogP contribution < -0.4 is 10.6 Å². The maximum atomic E-state index is 13.1. The van der Waals surface area contributed by atoms with Crippen molar-refractivity contribution in [3.05, 3.63) is 53.9 Å². The van der Waals surface area contributed by atoms with Crippen molar-refractivity contribution < 1.29 is 13.6 Å². The minimum Gasteiger partial charge on any atom is -0.355 e. The summed E-state index contributed by atoms with van der Waals surface area (Å²) in [7, 11) is 0. The summed E-state index contributed by atoms with van der Waals surface area (Å²) in [6, 6.07) is 6.98. The molecule has 0 atom stereocenters. The highest BCUT2D eigenvalue weighted by atomic mass is 19.2. The maximum Gasteiger partial charge on any atom is 0.270 e. The molecule has 1 aliphatic carbocycles. The van der Waals surface area contributed by atoms with E-state index < -0.39 is 11.6 Å². The zero-order chi connectivity index (χ0) is 14.8. The molecule has 0 bridgehead atoms. The monoisotopic (exact) mass is 289 g/mol. The zero-order valence-corrected chi connectivity index (χ0v) is 11.1. The highest BCUT2D eigenvalue weighted by molar-refractivity contribution is 5.93. The van der Waals surface area contributed by atoms with Crippen LogP contribution in [0, 0.1) is 11.6 Å². The van der Waals surface area contributed by atoms with Gasteiger partial charge in [0.15, 0.2) is 11.6 Å². The number of benzene rings is 1. The van der Waals surface area contributed by atoms with Crippen molar-refractivity contribution in [3.8, 4) is 0 Å². The van der Waals surface area contributed by atoms with Gasteiger partial charge in [0.05, 0.1) is 0 Å². The lowest BCUT2D eigenvalue weighted by Gasteiger charge is -2.08. The molecule has 1 aromatic heterocycles. The molecule has 108 valence electrons. The number of pyridine rings is 1. The maximum absolute atomic E-state index is 13.1. The van der Waals surface area contributed by atoms with Crippen LogP contribution in [0.5, 0.6) is 0 Å². The minimum atomic E-state index is -0.930. The number of aromatic nitrogens is 1. The molecule has 2 N–H and O–H groups in total. The second-order valence-corrected chi connectivity index (χ2v) is 4.93. The first-order valence-electron chi connectivity index (χ1n) is 6.61. The van der Waals surface area contributed by atoms with Crippen molar-refractivity contribution in [1.29, 1.82) is 0 Å². The summed E-state index contributed by atoms with van der Waals surface area (Å²) >= 11 is 0. The van der Waals surface area contributed by atoms with E-state index in [2.05, 4.69) is 15.6 Å². The van der Waals surface area contributed by atoms with E-state index in [1.165, 1.54) is 12.3 Å². The van der Waals surface area contributed by atoms with Crippen LogP contribution in [0.2, 0.25) is 0 Å². The molecule has 0 aliphatic heterocycles. The van der Waals surface area contributed by atoms with Gasteiger partial charge in [0.25, 0.3) is 5.91 Å². The molecule has 0 unspecified atom stereocenters. The van der Waals surface area contributed by atoms with E-state index in [0.717, 1.165) is 25.0 Å². The number of nitrogens with one attached hydrogen (secondary N) is 2. The number of halogens is 2. The summed E-state index contributed by atoms with van der Waals surface area (Å²) in [6.07, 6.45) is 3.49. The van der Waals surface area contributed by atoms with Crippen molar-refractivity contribution in [2.75, 3.05) is 5.32 Å². The van der Waals surface area contributed by atoms with Gasteiger partial charge >= 0.3 is 0 Å². The highest BCUT2D eigenvalue weighted by Gasteiger charge is 2.24. The van der Waals surface area contributed by atoms with E-state index >= 15 is 0 Å². The summed E-state index contributed by atoms with van der Waals surface area (Å²) in [6.45, 7) is 0. The van der Waals surface area contributed by atoms with Gasteiger partial charge in [-0.25, -0.2) is 8.78 Å². The molecule has 0 radical (unpaired) electrons. The summed E-state index contributed by atoms with van der Waals surface area (Å²) in [5, 5.41) is 5.75. The molecule has 4 nitrogen and oxygen atoms in total. The minimum absolute atomic E-state index is 0.230. The summed E-state index contributed by atoms with van der Waals surface area (Å²) in [5.41, 5.74) is 1.26. The van der Waals surface area contributed by atoms with Crippen molar-refractivity contribution in [2.24, 2.45) is 0 Å². The average Bonchev–Trinajstić information content (AvgIpc) is 3.27. The van der Waals surface area contributed by atoms with Crippen LogP contribution in [0.3, 0.4) is 0 Å². The van der Waals surface area contributed by atoms with Crippen LogP contribution in [-0.4, -0.2) is 16.9 Å². The molecule has 2 aromatic rings. The number of carbonyl (C=O) groups is 1. The van der Waals surface area contributed by atoms with Crippen LogP contribution in [0.15, 0.2) is 36.5 Å². The van der Waals surface area contributed by atoms with Crippen molar-refractivity contribution in [1.82, 2.24) is 10.3 Å². The van der Waals surface area contributed by atoms with E-state index in [1.54, 1.807) is 12.1 Å². The Kier molecular flexibility index (Phi) is 3.51. The topological polar surface area (TPSA) is 54.0 Å². The largest absolute Gasteiger partial charge is 0.355 e. The Hall–Kier alpha value is -2.50. The molecule has 0 saturated heterocycles. The van der Waals surface area contributed by atoms with Gasteiger partial charge in [-0.3, -0.25) is 9.78 Å². The second-order valence-electron chi connectivity index (χ2n) is 4.93. The molecule has 21 heavy (non-hydrogen) atoms. The molecule has 1 saturated carbocycles. The normalized spacial score (nSPS) is 13.8. The SMILES string of the molecule is O=C(NC1CC1)c1cc(Nc2ccc(F)c(F)c2)ccn1. The highest BCUT2D eigenvalue weighted by Crippen LogP contribution is 2.21. The number of hydrogen-bond donors (Lipinski definition) is 2. The fourth-order valence-electron chi connectivity index (χ4n) is 1.86. The van der Waals surface area contributed by atoms with Gasteiger partial charge in [-0.2, -0.15) is 0 Å². The standard InChI is InChI=1S/C15H13F2N3O/c16-12-4-3-10(7-13(12)17)19-11-5-6-18-14(8-11)15(21)20-9-1-2-9/h3-9H,1-2H2,(H,18,19)(H,20,21). The van der Waals surface area contributed by atoms with Crippen LogP contribution >= 0.6 is 0 Å². The molecule has 6 heteroatoms. The van der Waals surface area contributed by atoms with E-state index in [9.17, 15) is 13.6 Å². The number of amides is 1. The smallest absolute Gasteiger partial charge is 0.270 e. The Morgan fingerprint density at radius 2 is 1.86 bits per heavy atom. The third kappa shape index (κ3) is 3.34. The van der Waals surface area contributed by atoms with Crippen molar-refractivity contribution >= 4 is 17.3 Å². The van der Waals surface area contributed by atoms with E-state index in [-0.39, 0.29) is 17.6 Å². The number of anilines is 2. The Morgan fingerprint density at radius 3 is 2.57 bits per heavy atom. The van der Waals surface area contributed by atoms with E-state index in [0.29, 0.717) is 11.4 Å². The Balaban J connectivity index is 1.75. The Bertz CT molecular complexity index is 686. The second kappa shape index (κ2) is 5.47. The fraction of sp³-hybridized carbons (Fsp3) is 0.200. The molecule has 3 rings (SSSR count). The quantitative estimate of drug-likeness (QED) is 0.909. The molecular weight excluding hydrogens is 276 g/mol. The number of carbonyl (C=O) groups excluding carboxylic acids is 1. The predicted octanol–water partition coefficient (Wildman–Crippen LogP) is 3.00. The number of nitrogens with zero attached hydrogens (tertiary/aromatic N) is 1. The molecule has 1 aliphatic rings. The van der Waals surface area contributed by atoms with Crippen LogP contribution in [0.1, 0.15) is 23.3 Å². The average molecular weight is 289 g/mol. The third-order valence-electron chi connectivity index (χ3n) is 3.11. The third-order valence-corrected chi connectivity index (χ3v) is 3.11. The lowest BCUT2D eigenvalue weighted by atomic mass is 10.2. The number of rotatable bonds is 4. The van der Waals surface area contributed by atoms with Crippen LogP contribution in [0.25, 0.3) is 0 Å². The van der Waals surface area contributed by atoms with E-state index in [4.69, 9.17) is 0 Å². The van der Waals surface area contributed by atoms with Gasteiger partial charge in [-0.05, 0) is 37.1 Å². The summed E-state index contributed by atoms with van der Waals surface area (Å²) in [4.78, 5) is 15.9. The molecule has 1 amide bonds. The van der Waals surface area contributed by atoms with Crippen LogP contribution in [-0.2, 0) is 0 Å². The first-order valence-corrected chi connectivity index (χ1v) is 6.61. The van der Waals surface area contributed by atoms with Crippen molar-refractivity contribution in [3.63, 3.8) is 0 Å². The van der Waals surface area contributed by atoms with Gasteiger partial charge < -0.3 is 10.6 Å². The summed E-state index contributed by atoms with van der Waals surface area (Å²) in [5.74, 6) is -2.06. The first-order chi connectivity index (χ1) is 10.1. The van der Waals surface area contributed by atoms with Gasteiger partial charge in [-0.15, -0.1) is 0 Å². The Morgan fingerprint density at radius 1 is 1.10 bits per heavy atom. The predicted molar refractivity (Wildman–Crippen MR) is 74.4 cm³/mol. The van der Waals surface area contributed by atoms with Gasteiger partial charge in [0.2, 0.25) is 0 Å². The fourth-order valence-corrected chi connectivity index (χ4v) is 1.86. The van der Waals surface area contributed by atoms with Gasteiger partial charge in [-0.1, -0.05) is 0 Å². The zero-order valence-electron chi connectivity index (χ0n) is 11.1. The first kappa shape index (κ1) is 13.5. The molecule has 1 heterocycles. The Labute approximate surface area is 120 Å². The van der Waals surface area contributed by atoms with Crippen LogP contribution in [0.4, 0.5) is 20.2 Å². The molecule has 0 spiro atoms. The molecule has 1 aromatic carbocycles. The van der Waals surface area contributed by atoms with E-state index in [1.807, 2.05) is 0 Å². The number of hydrogen-bond acceptors (Lipinski definition) is 3. The molecular formula is C15H13F2N3O. The van der Waals surface area contributed by atoms with Gasteiger partial charge in [0.1, 0.15) is 5.69 Å². The van der Waals surface area contributed by atoms with Crippen molar-refractivity contribution in [2.45, 2.75) is 18.9 Å². The lowest BCUT2D eigenvalue weighted by molar-refractivity contribution is 0.0946. The van der Waals surface area contributed by atoms with Gasteiger partial charge in [0, 0.05) is 29.7 Å². The lowest BCUT2D eigenvalue weighted by Crippen LogP contribution is -2.26. The summed E-state index contributed by atoms with van der Waals surface area (Å²) < 4.78 is 26.0.